The zero-order valence-corrected chi connectivity index (χ0v) is 11.6. The summed E-state index contributed by atoms with van der Waals surface area (Å²) in [5.41, 5.74) is 6.11. The van der Waals surface area contributed by atoms with Crippen molar-refractivity contribution in [3.63, 3.8) is 0 Å². The monoisotopic (exact) mass is 251 g/mol. The third-order valence-electron chi connectivity index (χ3n) is 4.23. The topological polar surface area (TPSA) is 64.9 Å². The van der Waals surface area contributed by atoms with Gasteiger partial charge in [-0.05, 0) is 38.0 Å². The molecule has 4 nitrogen and oxygen atoms in total. The lowest BCUT2D eigenvalue weighted by Crippen LogP contribution is -2.41. The normalized spacial score (nSPS) is 28.5. The molecule has 18 heavy (non-hydrogen) atoms. The van der Waals surface area contributed by atoms with Gasteiger partial charge >= 0.3 is 0 Å². The Morgan fingerprint density at radius 3 is 2.67 bits per heavy atom. The third kappa shape index (κ3) is 2.91. The van der Waals surface area contributed by atoms with Crippen LogP contribution in [0.25, 0.3) is 0 Å². The fourth-order valence-electron chi connectivity index (χ4n) is 2.71. The highest BCUT2D eigenvalue weighted by Gasteiger charge is 2.36. The Morgan fingerprint density at radius 2 is 2.06 bits per heavy atom. The van der Waals surface area contributed by atoms with Gasteiger partial charge in [0.1, 0.15) is 0 Å². The molecule has 0 radical (unpaired) electrons. The summed E-state index contributed by atoms with van der Waals surface area (Å²) in [5, 5.41) is 4.10. The van der Waals surface area contributed by atoms with E-state index >= 15 is 0 Å². The molecule has 1 saturated carbocycles. The van der Waals surface area contributed by atoms with Gasteiger partial charge in [0.2, 0.25) is 5.89 Å². The average molecular weight is 251 g/mol. The second kappa shape index (κ2) is 5.83. The molecule has 0 unspecified atom stereocenters. The Bertz CT molecular complexity index is 367. The molecule has 1 heterocycles. The summed E-state index contributed by atoms with van der Waals surface area (Å²) in [6, 6.07) is 0. The number of nitrogens with two attached hydrogens (primary N) is 1. The number of hydrogen-bond donors (Lipinski definition) is 1. The summed E-state index contributed by atoms with van der Waals surface area (Å²) in [4.78, 5) is 4.49. The van der Waals surface area contributed by atoms with Crippen molar-refractivity contribution >= 4 is 0 Å². The van der Waals surface area contributed by atoms with Crippen molar-refractivity contribution in [1.29, 1.82) is 0 Å². The number of rotatable bonds is 5. The summed E-state index contributed by atoms with van der Waals surface area (Å²) in [6.45, 7) is 4.42. The highest BCUT2D eigenvalue weighted by atomic mass is 16.5. The standard InChI is InChI=1S/C14H25N3O/c1-3-5-6-12-16-13(17-18-12)14(15)9-7-11(4-2)8-10-14/h11H,3-10,15H2,1-2H3. The minimum atomic E-state index is -0.348. The zero-order chi connectivity index (χ0) is 13.0. The Balaban J connectivity index is 1.99. The van der Waals surface area contributed by atoms with Gasteiger partial charge < -0.3 is 10.3 Å². The summed E-state index contributed by atoms with van der Waals surface area (Å²) in [7, 11) is 0. The fraction of sp³-hybridized carbons (Fsp3) is 0.857. The van der Waals surface area contributed by atoms with Gasteiger partial charge in [-0.15, -0.1) is 0 Å². The predicted octanol–water partition coefficient (Wildman–Crippen LogP) is 3.17. The molecule has 0 bridgehead atoms. The van der Waals surface area contributed by atoms with E-state index in [1.165, 1.54) is 19.3 Å². The summed E-state index contributed by atoms with van der Waals surface area (Å²) in [5.74, 6) is 2.30. The molecule has 0 saturated heterocycles. The SMILES string of the molecule is CCCCc1nc(C2(N)CCC(CC)CC2)no1. The quantitative estimate of drug-likeness (QED) is 0.873. The minimum Gasteiger partial charge on any atom is -0.339 e. The van der Waals surface area contributed by atoms with Crippen LogP contribution in [0.5, 0.6) is 0 Å². The van der Waals surface area contributed by atoms with Crippen LogP contribution in [0.1, 0.15) is 70.5 Å². The molecule has 102 valence electrons. The number of nitrogens with zero attached hydrogens (tertiary/aromatic N) is 2. The fourth-order valence-corrected chi connectivity index (χ4v) is 2.71. The summed E-state index contributed by atoms with van der Waals surface area (Å²) < 4.78 is 5.30. The van der Waals surface area contributed by atoms with Crippen molar-refractivity contribution in [2.24, 2.45) is 11.7 Å². The van der Waals surface area contributed by atoms with Gasteiger partial charge in [-0.1, -0.05) is 31.8 Å². The van der Waals surface area contributed by atoms with Crippen molar-refractivity contribution in [2.45, 2.75) is 70.8 Å². The van der Waals surface area contributed by atoms with E-state index in [9.17, 15) is 0 Å². The van der Waals surface area contributed by atoms with E-state index in [0.29, 0.717) is 0 Å². The molecule has 4 heteroatoms. The van der Waals surface area contributed by atoms with Gasteiger partial charge in [0.15, 0.2) is 5.82 Å². The first kappa shape index (κ1) is 13.5. The van der Waals surface area contributed by atoms with E-state index in [-0.39, 0.29) is 5.54 Å². The molecule has 2 N–H and O–H groups in total. The molecule has 2 rings (SSSR count). The largest absolute Gasteiger partial charge is 0.339 e. The van der Waals surface area contributed by atoms with Crippen molar-refractivity contribution in [1.82, 2.24) is 10.1 Å². The maximum absolute atomic E-state index is 6.45. The van der Waals surface area contributed by atoms with Crippen LogP contribution in [0.3, 0.4) is 0 Å². The molecule has 0 atom stereocenters. The van der Waals surface area contributed by atoms with Crippen molar-refractivity contribution in [3.8, 4) is 0 Å². The Kier molecular flexibility index (Phi) is 4.38. The Morgan fingerprint density at radius 1 is 1.33 bits per heavy atom. The molecule has 1 aliphatic rings. The van der Waals surface area contributed by atoms with Crippen LogP contribution < -0.4 is 5.73 Å². The van der Waals surface area contributed by atoms with Crippen LogP contribution in [-0.2, 0) is 12.0 Å². The van der Waals surface area contributed by atoms with E-state index in [4.69, 9.17) is 10.3 Å². The Hall–Kier alpha value is -0.900. The maximum Gasteiger partial charge on any atom is 0.226 e. The van der Waals surface area contributed by atoms with Crippen LogP contribution >= 0.6 is 0 Å². The van der Waals surface area contributed by atoms with E-state index < -0.39 is 0 Å². The first-order valence-corrected chi connectivity index (χ1v) is 7.30. The van der Waals surface area contributed by atoms with E-state index in [2.05, 4.69) is 24.0 Å². The molecule has 1 aromatic heterocycles. The van der Waals surface area contributed by atoms with E-state index in [0.717, 1.165) is 49.7 Å². The van der Waals surface area contributed by atoms with E-state index in [1.807, 2.05) is 0 Å². The third-order valence-corrected chi connectivity index (χ3v) is 4.23. The van der Waals surface area contributed by atoms with Gasteiger partial charge in [0, 0.05) is 6.42 Å². The Labute approximate surface area is 109 Å². The lowest BCUT2D eigenvalue weighted by Gasteiger charge is -2.34. The molecule has 0 spiro atoms. The van der Waals surface area contributed by atoms with Crippen molar-refractivity contribution in [3.05, 3.63) is 11.7 Å². The first-order chi connectivity index (χ1) is 8.68. The van der Waals surface area contributed by atoms with Crippen LogP contribution in [0.2, 0.25) is 0 Å². The van der Waals surface area contributed by atoms with Crippen LogP contribution in [0.4, 0.5) is 0 Å². The average Bonchev–Trinajstić information content (AvgIpc) is 2.87. The smallest absolute Gasteiger partial charge is 0.226 e. The van der Waals surface area contributed by atoms with E-state index in [1.54, 1.807) is 0 Å². The van der Waals surface area contributed by atoms with Gasteiger partial charge in [0.25, 0.3) is 0 Å². The molecule has 1 aromatic rings. The zero-order valence-electron chi connectivity index (χ0n) is 11.6. The van der Waals surface area contributed by atoms with Gasteiger partial charge in [0.05, 0.1) is 5.54 Å². The summed E-state index contributed by atoms with van der Waals surface area (Å²) >= 11 is 0. The molecule has 0 aromatic carbocycles. The number of aryl methyl sites for hydroxylation is 1. The lowest BCUT2D eigenvalue weighted by molar-refractivity contribution is 0.216. The minimum absolute atomic E-state index is 0.348. The lowest BCUT2D eigenvalue weighted by atomic mass is 9.76. The molecular weight excluding hydrogens is 226 g/mol. The van der Waals surface area contributed by atoms with Crippen molar-refractivity contribution < 1.29 is 4.52 Å². The van der Waals surface area contributed by atoms with Gasteiger partial charge in [-0.25, -0.2) is 0 Å². The number of aromatic nitrogens is 2. The van der Waals surface area contributed by atoms with Crippen LogP contribution in [0.15, 0.2) is 4.52 Å². The number of unbranched alkanes of at least 4 members (excludes halogenated alkanes) is 1. The summed E-state index contributed by atoms with van der Waals surface area (Å²) in [6.07, 6.45) is 8.70. The molecule has 1 aliphatic carbocycles. The molecule has 1 fully saturated rings. The second-order valence-electron chi connectivity index (χ2n) is 5.62. The van der Waals surface area contributed by atoms with Gasteiger partial charge in [-0.3, -0.25) is 0 Å². The second-order valence-corrected chi connectivity index (χ2v) is 5.62. The van der Waals surface area contributed by atoms with Crippen LogP contribution in [0, 0.1) is 5.92 Å². The molecule has 0 amide bonds. The number of hydrogen-bond acceptors (Lipinski definition) is 4. The van der Waals surface area contributed by atoms with Crippen LogP contribution in [-0.4, -0.2) is 10.1 Å². The highest BCUT2D eigenvalue weighted by Crippen LogP contribution is 2.37. The van der Waals surface area contributed by atoms with Crippen molar-refractivity contribution in [2.75, 3.05) is 0 Å². The maximum atomic E-state index is 6.45. The first-order valence-electron chi connectivity index (χ1n) is 7.30. The predicted molar refractivity (Wildman–Crippen MR) is 71.0 cm³/mol. The highest BCUT2D eigenvalue weighted by molar-refractivity contribution is 5.06. The van der Waals surface area contributed by atoms with Gasteiger partial charge in [-0.2, -0.15) is 4.98 Å². The molecular formula is C14H25N3O. The molecule has 0 aliphatic heterocycles.